The molecule has 0 aliphatic rings. The molecule has 0 N–H and O–H groups in total. The van der Waals surface area contributed by atoms with Crippen molar-refractivity contribution in [1.82, 2.24) is 0 Å². The van der Waals surface area contributed by atoms with Crippen molar-refractivity contribution in [3.63, 3.8) is 0 Å². The molecule has 0 aliphatic heterocycles. The van der Waals surface area contributed by atoms with Crippen LogP contribution in [0.3, 0.4) is 0 Å². The van der Waals surface area contributed by atoms with Crippen LogP contribution in [0.25, 0.3) is 0 Å². The summed E-state index contributed by atoms with van der Waals surface area (Å²) in [6.45, 7) is 16.2. The fraction of sp³-hybridized carbons (Fsp3) is 0.571. The zero-order valence-corrected chi connectivity index (χ0v) is 23.7. The number of aryl methyl sites for hydroxylation is 1. The Kier molecular flexibility index (Phi) is 13.2. The maximum atomic E-state index is 9.46. The predicted molar refractivity (Wildman–Crippen MR) is 148 cm³/mol. The van der Waals surface area contributed by atoms with E-state index in [9.17, 15) is 10.5 Å². The normalized spacial score (nSPS) is 12.9. The van der Waals surface area contributed by atoms with Gasteiger partial charge in [0, 0.05) is 32.0 Å². The molecule has 0 aliphatic carbocycles. The Morgan fingerprint density at radius 2 is 1.59 bits per heavy atom. The van der Waals surface area contributed by atoms with Gasteiger partial charge in [0.15, 0.2) is 5.00 Å². The summed E-state index contributed by atoms with van der Waals surface area (Å²) in [5.41, 5.74) is 3.78. The van der Waals surface area contributed by atoms with Crippen molar-refractivity contribution in [2.45, 2.75) is 66.6 Å². The Morgan fingerprint density at radius 3 is 2.19 bits per heavy atom. The SMILES string of the molecule is CCCOCCOC(C)CN(CC(C)OCCC)c1ccc(/N=N/c2sc(C#N)c(C)c2C#N)c(C)c1. The minimum atomic E-state index is 0.0177. The van der Waals surface area contributed by atoms with Gasteiger partial charge in [0.05, 0.1) is 36.7 Å². The lowest BCUT2D eigenvalue weighted by molar-refractivity contribution is 0.0137. The average molecular weight is 526 g/mol. The van der Waals surface area contributed by atoms with E-state index in [1.807, 2.05) is 19.1 Å². The highest BCUT2D eigenvalue weighted by Crippen LogP contribution is 2.36. The second kappa shape index (κ2) is 16.1. The van der Waals surface area contributed by atoms with Crippen LogP contribution in [-0.2, 0) is 14.2 Å². The first-order valence-electron chi connectivity index (χ1n) is 12.9. The molecule has 1 aromatic carbocycles. The van der Waals surface area contributed by atoms with Crippen molar-refractivity contribution >= 4 is 27.7 Å². The highest BCUT2D eigenvalue weighted by molar-refractivity contribution is 7.16. The van der Waals surface area contributed by atoms with Gasteiger partial charge in [-0.25, -0.2) is 0 Å². The van der Waals surface area contributed by atoms with Gasteiger partial charge in [0.1, 0.15) is 17.0 Å². The summed E-state index contributed by atoms with van der Waals surface area (Å²) >= 11 is 1.19. The molecule has 2 aromatic rings. The first kappa shape index (κ1) is 30.4. The Balaban J connectivity index is 2.18. The van der Waals surface area contributed by atoms with Crippen LogP contribution in [0.1, 0.15) is 62.1 Å². The van der Waals surface area contributed by atoms with Gasteiger partial charge in [0.2, 0.25) is 0 Å². The van der Waals surface area contributed by atoms with E-state index >= 15 is 0 Å². The van der Waals surface area contributed by atoms with E-state index in [4.69, 9.17) is 14.2 Å². The summed E-state index contributed by atoms with van der Waals surface area (Å²) in [6, 6.07) is 10.3. The number of hydrogen-bond donors (Lipinski definition) is 0. The van der Waals surface area contributed by atoms with E-state index in [0.717, 1.165) is 43.9 Å². The Labute approximate surface area is 225 Å². The number of nitrogens with zero attached hydrogens (tertiary/aromatic N) is 5. The van der Waals surface area contributed by atoms with E-state index in [0.29, 0.717) is 46.5 Å². The maximum absolute atomic E-state index is 9.46. The smallest absolute Gasteiger partial charge is 0.158 e. The summed E-state index contributed by atoms with van der Waals surface area (Å²) < 4.78 is 17.5. The number of anilines is 1. The summed E-state index contributed by atoms with van der Waals surface area (Å²) in [4.78, 5) is 2.77. The highest BCUT2D eigenvalue weighted by atomic mass is 32.1. The summed E-state index contributed by atoms with van der Waals surface area (Å²) in [6.07, 6.45) is 2.07. The molecular weight excluding hydrogens is 486 g/mol. The summed E-state index contributed by atoms with van der Waals surface area (Å²) in [7, 11) is 0. The number of ether oxygens (including phenoxy) is 3. The quantitative estimate of drug-likeness (QED) is 0.173. The fourth-order valence-corrected chi connectivity index (χ4v) is 4.62. The molecule has 1 aromatic heterocycles. The van der Waals surface area contributed by atoms with Crippen LogP contribution in [-0.4, -0.2) is 51.7 Å². The van der Waals surface area contributed by atoms with Crippen molar-refractivity contribution in [1.29, 1.82) is 10.5 Å². The predicted octanol–water partition coefficient (Wildman–Crippen LogP) is 6.98. The molecule has 0 spiro atoms. The molecule has 9 heteroatoms. The number of thiophene rings is 1. The van der Waals surface area contributed by atoms with Crippen molar-refractivity contribution in [2.24, 2.45) is 10.2 Å². The third-order valence-corrected chi connectivity index (χ3v) is 6.76. The van der Waals surface area contributed by atoms with Gasteiger partial charge in [-0.05, 0) is 69.9 Å². The molecule has 0 amide bonds. The Hall–Kier alpha value is -2.82. The molecule has 37 heavy (non-hydrogen) atoms. The second-order valence-electron chi connectivity index (χ2n) is 9.01. The van der Waals surface area contributed by atoms with Crippen molar-refractivity contribution < 1.29 is 14.2 Å². The zero-order chi connectivity index (χ0) is 27.2. The molecule has 8 nitrogen and oxygen atoms in total. The minimum Gasteiger partial charge on any atom is -0.379 e. The van der Waals surface area contributed by atoms with E-state index in [-0.39, 0.29) is 12.2 Å². The van der Waals surface area contributed by atoms with Crippen LogP contribution in [0.4, 0.5) is 16.4 Å². The number of hydrogen-bond acceptors (Lipinski definition) is 9. The average Bonchev–Trinajstić information content (AvgIpc) is 3.20. The van der Waals surface area contributed by atoms with Gasteiger partial charge < -0.3 is 19.1 Å². The van der Waals surface area contributed by atoms with Crippen LogP contribution in [0.5, 0.6) is 0 Å². The van der Waals surface area contributed by atoms with Crippen LogP contribution in [0.2, 0.25) is 0 Å². The molecule has 200 valence electrons. The Morgan fingerprint density at radius 1 is 0.919 bits per heavy atom. The lowest BCUT2D eigenvalue weighted by Crippen LogP contribution is -2.38. The molecule has 0 saturated carbocycles. The van der Waals surface area contributed by atoms with E-state index < -0.39 is 0 Å². The second-order valence-corrected chi connectivity index (χ2v) is 10.0. The number of nitriles is 2. The lowest BCUT2D eigenvalue weighted by atomic mass is 10.1. The molecule has 1 heterocycles. The van der Waals surface area contributed by atoms with Crippen LogP contribution < -0.4 is 4.90 Å². The molecule has 0 saturated heterocycles. The van der Waals surface area contributed by atoms with Gasteiger partial charge in [-0.1, -0.05) is 13.8 Å². The highest BCUT2D eigenvalue weighted by Gasteiger charge is 2.17. The van der Waals surface area contributed by atoms with Crippen LogP contribution in [0.15, 0.2) is 28.4 Å². The Bertz CT molecular complexity index is 1100. The summed E-state index contributed by atoms with van der Waals surface area (Å²) in [5, 5.41) is 27.9. The van der Waals surface area contributed by atoms with Crippen molar-refractivity contribution in [3.05, 3.63) is 39.8 Å². The van der Waals surface area contributed by atoms with E-state index in [2.05, 4.69) is 61.0 Å². The van der Waals surface area contributed by atoms with Gasteiger partial charge in [-0.3, -0.25) is 0 Å². The maximum Gasteiger partial charge on any atom is 0.158 e. The van der Waals surface area contributed by atoms with E-state index in [1.54, 1.807) is 6.92 Å². The molecule has 0 fully saturated rings. The van der Waals surface area contributed by atoms with Crippen LogP contribution in [0, 0.1) is 36.5 Å². The first-order valence-corrected chi connectivity index (χ1v) is 13.7. The van der Waals surface area contributed by atoms with Crippen molar-refractivity contribution in [2.75, 3.05) is 44.4 Å². The van der Waals surface area contributed by atoms with Gasteiger partial charge in [0.25, 0.3) is 0 Å². The molecule has 2 rings (SSSR count). The molecule has 0 bridgehead atoms. The summed E-state index contributed by atoms with van der Waals surface area (Å²) in [5.74, 6) is 0. The van der Waals surface area contributed by atoms with Gasteiger partial charge in [-0.15, -0.1) is 21.6 Å². The molecule has 2 unspecified atom stereocenters. The van der Waals surface area contributed by atoms with Gasteiger partial charge >= 0.3 is 0 Å². The fourth-order valence-electron chi connectivity index (χ4n) is 3.74. The minimum absolute atomic E-state index is 0.0177. The topological polar surface area (TPSA) is 103 Å². The number of azo groups is 1. The standard InChI is InChI=1S/C28H39N5O3S/c1-7-11-34-13-14-36-22(5)19-33(18-21(4)35-12-8-2)24-9-10-26(20(3)15-24)31-32-28-25(16-29)23(6)27(17-30)37-28/h9-10,15,21-22H,7-8,11-14,18-19H2,1-6H3/b32-31+. The van der Waals surface area contributed by atoms with Crippen LogP contribution >= 0.6 is 11.3 Å². The zero-order valence-electron chi connectivity index (χ0n) is 22.9. The molecule has 0 radical (unpaired) electrons. The first-order chi connectivity index (χ1) is 17.8. The largest absolute Gasteiger partial charge is 0.379 e. The third-order valence-electron chi connectivity index (χ3n) is 5.68. The monoisotopic (exact) mass is 525 g/mol. The number of rotatable bonds is 16. The van der Waals surface area contributed by atoms with Gasteiger partial charge in [-0.2, -0.15) is 10.5 Å². The molecular formula is C28H39N5O3S. The lowest BCUT2D eigenvalue weighted by Gasteiger charge is -2.31. The van der Waals surface area contributed by atoms with E-state index in [1.165, 1.54) is 11.3 Å². The third kappa shape index (κ3) is 9.53. The number of benzene rings is 1. The molecule has 2 atom stereocenters. The van der Waals surface area contributed by atoms with Crippen molar-refractivity contribution in [3.8, 4) is 12.1 Å².